The SMILES string of the molecule is O=c1c2ccc(Cl)cc2sn1-c1ccccn1. The normalized spacial score (nSPS) is 10.9. The van der Waals surface area contributed by atoms with Crippen LogP contribution in [0.4, 0.5) is 0 Å². The molecule has 0 saturated heterocycles. The monoisotopic (exact) mass is 262 g/mol. The Bertz CT molecular complexity index is 733. The average Bonchev–Trinajstić information content (AvgIpc) is 2.67. The first kappa shape index (κ1) is 10.5. The van der Waals surface area contributed by atoms with E-state index in [1.54, 1.807) is 34.4 Å². The summed E-state index contributed by atoms with van der Waals surface area (Å²) >= 11 is 7.25. The smallest absolute Gasteiger partial charge is 0.267 e. The zero-order valence-electron chi connectivity index (χ0n) is 8.63. The molecule has 0 N–H and O–H groups in total. The van der Waals surface area contributed by atoms with Gasteiger partial charge in [-0.3, -0.25) is 4.79 Å². The van der Waals surface area contributed by atoms with Gasteiger partial charge < -0.3 is 0 Å². The molecular formula is C12H7ClN2OS. The van der Waals surface area contributed by atoms with Gasteiger partial charge in [-0.1, -0.05) is 17.7 Å². The minimum Gasteiger partial charge on any atom is -0.267 e. The summed E-state index contributed by atoms with van der Waals surface area (Å²) in [7, 11) is 0. The van der Waals surface area contributed by atoms with E-state index >= 15 is 0 Å². The van der Waals surface area contributed by atoms with Crippen molar-refractivity contribution >= 4 is 33.2 Å². The molecule has 0 aliphatic rings. The van der Waals surface area contributed by atoms with E-state index in [1.807, 2.05) is 12.1 Å². The van der Waals surface area contributed by atoms with Crippen molar-refractivity contribution in [2.45, 2.75) is 0 Å². The van der Waals surface area contributed by atoms with Crippen LogP contribution < -0.4 is 5.56 Å². The van der Waals surface area contributed by atoms with Gasteiger partial charge in [-0.2, -0.15) is 0 Å². The molecule has 0 amide bonds. The van der Waals surface area contributed by atoms with Gasteiger partial charge in [-0.05, 0) is 41.9 Å². The van der Waals surface area contributed by atoms with Crippen LogP contribution >= 0.6 is 23.1 Å². The fourth-order valence-electron chi connectivity index (χ4n) is 1.62. The minimum atomic E-state index is -0.0552. The Balaban J connectivity index is 2.32. The van der Waals surface area contributed by atoms with Crippen LogP contribution in [-0.4, -0.2) is 8.94 Å². The molecule has 5 heteroatoms. The van der Waals surface area contributed by atoms with Crippen molar-refractivity contribution in [2.24, 2.45) is 0 Å². The molecule has 0 unspecified atom stereocenters. The molecule has 0 bridgehead atoms. The number of fused-ring (bicyclic) bond motifs is 1. The number of hydrogen-bond acceptors (Lipinski definition) is 3. The molecule has 0 spiro atoms. The Morgan fingerprint density at radius 2 is 2.12 bits per heavy atom. The summed E-state index contributed by atoms with van der Waals surface area (Å²) in [5, 5.41) is 1.30. The average molecular weight is 263 g/mol. The van der Waals surface area contributed by atoms with Gasteiger partial charge in [0.25, 0.3) is 5.56 Å². The number of pyridine rings is 1. The fraction of sp³-hybridized carbons (Fsp3) is 0. The Kier molecular flexibility index (Phi) is 2.46. The van der Waals surface area contributed by atoms with Gasteiger partial charge in [-0.15, -0.1) is 0 Å². The van der Waals surface area contributed by atoms with E-state index in [-0.39, 0.29) is 5.56 Å². The molecule has 0 aliphatic heterocycles. The highest BCUT2D eigenvalue weighted by Crippen LogP contribution is 2.22. The summed E-state index contributed by atoms with van der Waals surface area (Å²) in [6, 6.07) is 10.7. The molecular weight excluding hydrogens is 256 g/mol. The lowest BCUT2D eigenvalue weighted by Crippen LogP contribution is -2.11. The number of aromatic nitrogens is 2. The lowest BCUT2D eigenvalue weighted by Gasteiger charge is -1.96. The molecule has 3 aromatic rings. The summed E-state index contributed by atoms with van der Waals surface area (Å²) in [6.45, 7) is 0. The van der Waals surface area contributed by atoms with Crippen molar-refractivity contribution in [3.8, 4) is 5.82 Å². The summed E-state index contributed by atoms with van der Waals surface area (Å²) in [5.74, 6) is 0.634. The van der Waals surface area contributed by atoms with Crippen molar-refractivity contribution < 1.29 is 0 Å². The number of rotatable bonds is 1. The maximum absolute atomic E-state index is 12.1. The van der Waals surface area contributed by atoms with Crippen molar-refractivity contribution in [1.29, 1.82) is 0 Å². The van der Waals surface area contributed by atoms with E-state index < -0.39 is 0 Å². The zero-order valence-corrected chi connectivity index (χ0v) is 10.2. The molecule has 0 saturated carbocycles. The van der Waals surface area contributed by atoms with Gasteiger partial charge in [0, 0.05) is 11.2 Å². The third-order valence-electron chi connectivity index (χ3n) is 2.41. The molecule has 84 valence electrons. The summed E-state index contributed by atoms with van der Waals surface area (Å²) in [6.07, 6.45) is 1.67. The van der Waals surface area contributed by atoms with Crippen LogP contribution in [0.2, 0.25) is 5.02 Å². The van der Waals surface area contributed by atoms with Crippen LogP contribution in [0, 0.1) is 0 Å². The van der Waals surface area contributed by atoms with E-state index in [9.17, 15) is 4.79 Å². The first-order valence-corrected chi connectivity index (χ1v) is 6.14. The van der Waals surface area contributed by atoms with Crippen LogP contribution in [0.25, 0.3) is 15.9 Å². The summed E-state index contributed by atoms with van der Waals surface area (Å²) < 4.78 is 2.44. The predicted octanol–water partition coefficient (Wildman–Crippen LogP) is 3.10. The lowest BCUT2D eigenvalue weighted by molar-refractivity contribution is 1.06. The van der Waals surface area contributed by atoms with Crippen molar-refractivity contribution in [2.75, 3.05) is 0 Å². The third kappa shape index (κ3) is 1.75. The molecule has 17 heavy (non-hydrogen) atoms. The van der Waals surface area contributed by atoms with E-state index in [1.165, 1.54) is 11.5 Å². The third-order valence-corrected chi connectivity index (χ3v) is 3.71. The van der Waals surface area contributed by atoms with Gasteiger partial charge in [0.15, 0.2) is 0 Å². The van der Waals surface area contributed by atoms with Crippen LogP contribution in [0.1, 0.15) is 0 Å². The highest BCUT2D eigenvalue weighted by Gasteiger charge is 2.09. The molecule has 3 nitrogen and oxygen atoms in total. The Morgan fingerprint density at radius 1 is 1.24 bits per heavy atom. The first-order valence-electron chi connectivity index (χ1n) is 4.99. The standard InChI is InChI=1S/C12H7ClN2OS/c13-8-4-5-9-10(7-8)17-15(12(9)16)11-3-1-2-6-14-11/h1-7H. The largest absolute Gasteiger partial charge is 0.274 e. The van der Waals surface area contributed by atoms with E-state index in [0.29, 0.717) is 16.2 Å². The molecule has 0 radical (unpaired) electrons. The van der Waals surface area contributed by atoms with Gasteiger partial charge in [0.1, 0.15) is 5.82 Å². The minimum absolute atomic E-state index is 0.0552. The van der Waals surface area contributed by atoms with Crippen molar-refractivity contribution in [3.05, 3.63) is 58.0 Å². The molecule has 2 heterocycles. The Labute approximate surface area is 106 Å². The lowest BCUT2D eigenvalue weighted by atomic mass is 10.3. The Morgan fingerprint density at radius 3 is 2.88 bits per heavy atom. The second-order valence-corrected chi connectivity index (χ2v) is 4.94. The Hall–Kier alpha value is -1.65. The fourth-order valence-corrected chi connectivity index (χ4v) is 2.87. The van der Waals surface area contributed by atoms with Crippen molar-refractivity contribution in [3.63, 3.8) is 0 Å². The second kappa shape index (κ2) is 3.98. The number of benzene rings is 1. The number of hydrogen-bond donors (Lipinski definition) is 0. The van der Waals surface area contributed by atoms with Crippen LogP contribution in [-0.2, 0) is 0 Å². The molecule has 0 aliphatic carbocycles. The van der Waals surface area contributed by atoms with E-state index in [4.69, 9.17) is 11.6 Å². The molecule has 0 atom stereocenters. The van der Waals surface area contributed by atoms with E-state index in [2.05, 4.69) is 4.98 Å². The molecule has 0 fully saturated rings. The quantitative estimate of drug-likeness (QED) is 0.675. The first-order chi connectivity index (χ1) is 8.25. The number of nitrogens with zero attached hydrogens (tertiary/aromatic N) is 2. The predicted molar refractivity (Wildman–Crippen MR) is 70.2 cm³/mol. The van der Waals surface area contributed by atoms with Gasteiger partial charge in [0.2, 0.25) is 0 Å². The maximum atomic E-state index is 12.1. The summed E-state index contributed by atoms with van der Waals surface area (Å²) in [4.78, 5) is 16.3. The van der Waals surface area contributed by atoms with Crippen LogP contribution in [0.3, 0.4) is 0 Å². The molecule has 2 aromatic heterocycles. The van der Waals surface area contributed by atoms with Crippen LogP contribution in [0.15, 0.2) is 47.4 Å². The highest BCUT2D eigenvalue weighted by molar-refractivity contribution is 7.14. The number of halogens is 1. The van der Waals surface area contributed by atoms with E-state index in [0.717, 1.165) is 4.70 Å². The van der Waals surface area contributed by atoms with Crippen molar-refractivity contribution in [1.82, 2.24) is 8.94 Å². The topological polar surface area (TPSA) is 34.9 Å². The second-order valence-electron chi connectivity index (χ2n) is 3.52. The zero-order chi connectivity index (χ0) is 11.8. The molecule has 3 rings (SSSR count). The van der Waals surface area contributed by atoms with Crippen LogP contribution in [0.5, 0.6) is 0 Å². The van der Waals surface area contributed by atoms with Gasteiger partial charge in [0.05, 0.1) is 10.1 Å². The maximum Gasteiger partial charge on any atom is 0.274 e. The highest BCUT2D eigenvalue weighted by atomic mass is 35.5. The van der Waals surface area contributed by atoms with Gasteiger partial charge >= 0.3 is 0 Å². The summed E-state index contributed by atoms with van der Waals surface area (Å²) in [5.41, 5.74) is -0.0552. The van der Waals surface area contributed by atoms with Gasteiger partial charge in [-0.25, -0.2) is 8.94 Å². The molecule has 1 aromatic carbocycles.